The summed E-state index contributed by atoms with van der Waals surface area (Å²) in [5.74, 6) is 0. The third kappa shape index (κ3) is 1.43. The maximum absolute atomic E-state index is 3.46. The minimum absolute atomic E-state index is 0.299. The van der Waals surface area contributed by atoms with Gasteiger partial charge in [-0.25, -0.2) is 0 Å². The molecule has 0 unspecified atom stereocenters. The van der Waals surface area contributed by atoms with E-state index in [1.165, 1.54) is 21.9 Å². The van der Waals surface area contributed by atoms with Gasteiger partial charge in [0, 0.05) is 8.41 Å². The fraction of sp³-hybridized carbons (Fsp3) is 0.500. The van der Waals surface area contributed by atoms with Gasteiger partial charge in [-0.3, -0.25) is 0 Å². The Hall–Kier alpha value is -0.433. The third-order valence-corrected chi connectivity index (χ3v) is 3.81. The Bertz CT molecular complexity index is 273. The summed E-state index contributed by atoms with van der Waals surface area (Å²) >= 11 is 0. The molecule has 0 heterocycles. The molecule has 0 aromatic rings. The van der Waals surface area contributed by atoms with E-state index in [2.05, 4.69) is 39.9 Å². The quantitative estimate of drug-likeness (QED) is 0.482. The van der Waals surface area contributed by atoms with Gasteiger partial charge in [-0.05, 0) is 48.7 Å². The van der Waals surface area contributed by atoms with Crippen molar-refractivity contribution in [3.63, 3.8) is 0 Å². The van der Waals surface area contributed by atoms with Gasteiger partial charge in [0.05, 0.1) is 0 Å². The van der Waals surface area contributed by atoms with Gasteiger partial charge in [0.25, 0.3) is 0 Å². The van der Waals surface area contributed by atoms with Crippen LogP contribution in [-0.4, -0.2) is 13.6 Å². The second-order valence-electron chi connectivity index (χ2n) is 3.38. The summed E-state index contributed by atoms with van der Waals surface area (Å²) in [7, 11) is -0.299. The Morgan fingerprint density at radius 2 is 1.55 bits per heavy atom. The number of hydrogen-bond donors (Lipinski definition) is 0. The van der Waals surface area contributed by atoms with Gasteiger partial charge in [0.2, 0.25) is 0 Å². The number of rotatable bonds is 0. The van der Waals surface area contributed by atoms with Gasteiger partial charge in [0.15, 0.2) is 0 Å². The normalized spacial score (nSPS) is 17.5. The average Bonchev–Trinajstić information content (AvgIpc) is 2.17. The van der Waals surface area contributed by atoms with E-state index >= 15 is 0 Å². The molecule has 1 aliphatic rings. The molecule has 1 radical (unpaired) electrons. The highest BCUT2D eigenvalue weighted by atomic mass is 28.2. The lowest BCUT2D eigenvalue weighted by Crippen LogP contribution is -2.06. The first-order chi connectivity index (χ1) is 5.04. The van der Waals surface area contributed by atoms with Crippen LogP contribution in [0.5, 0.6) is 0 Å². The summed E-state index contributed by atoms with van der Waals surface area (Å²) < 4.78 is 0. The molecule has 0 fully saturated rings. The molecule has 0 N–H and O–H groups in total. The fourth-order valence-corrected chi connectivity index (χ4v) is 2.72. The fourth-order valence-electron chi connectivity index (χ4n) is 1.34. The molecule has 0 nitrogen and oxygen atoms in total. The molecule has 0 saturated heterocycles. The van der Waals surface area contributed by atoms with Crippen LogP contribution in [0.3, 0.4) is 0 Å². The third-order valence-electron chi connectivity index (χ3n) is 2.31. The highest BCUT2D eigenvalue weighted by Crippen LogP contribution is 2.21. The largest absolute Gasteiger partial charge is 0.0560 e. The van der Waals surface area contributed by atoms with Crippen LogP contribution in [-0.2, 0) is 0 Å². The molecule has 0 saturated carbocycles. The summed E-state index contributed by atoms with van der Waals surface area (Å²) in [5, 5.41) is 1.49. The van der Waals surface area contributed by atoms with Crippen LogP contribution >= 0.6 is 0 Å². The smallest absolute Gasteiger partial charge is 0.0140 e. The molecule has 0 amide bonds. The summed E-state index contributed by atoms with van der Waals surface area (Å²) in [6, 6.07) is 0. The predicted molar refractivity (Wildman–Crippen MR) is 53.3 cm³/mol. The second kappa shape index (κ2) is 2.90. The van der Waals surface area contributed by atoms with Gasteiger partial charge < -0.3 is 0 Å². The van der Waals surface area contributed by atoms with Crippen molar-refractivity contribution in [1.29, 1.82) is 0 Å². The van der Waals surface area contributed by atoms with Crippen molar-refractivity contribution < 1.29 is 0 Å². The van der Waals surface area contributed by atoms with Crippen LogP contribution in [0.4, 0.5) is 0 Å². The molecule has 59 valence electrons. The van der Waals surface area contributed by atoms with E-state index in [9.17, 15) is 0 Å². The van der Waals surface area contributed by atoms with Crippen molar-refractivity contribution in [3.05, 3.63) is 22.8 Å². The summed E-state index contributed by atoms with van der Waals surface area (Å²) in [4.78, 5) is 0. The van der Waals surface area contributed by atoms with Gasteiger partial charge in [-0.2, -0.15) is 0 Å². The van der Waals surface area contributed by atoms with Crippen LogP contribution in [0.1, 0.15) is 20.8 Å². The average molecular weight is 163 g/mol. The molecule has 0 spiro atoms. The molecule has 1 rings (SSSR count). The zero-order valence-corrected chi connectivity index (χ0v) is 9.00. The van der Waals surface area contributed by atoms with Crippen molar-refractivity contribution >= 4 is 13.6 Å². The Balaban J connectivity index is 3.22. The Kier molecular flexibility index (Phi) is 2.28. The second-order valence-corrected chi connectivity index (χ2v) is 5.88. The zero-order valence-electron chi connectivity index (χ0n) is 8.00. The molecule has 11 heavy (non-hydrogen) atoms. The van der Waals surface area contributed by atoms with Gasteiger partial charge in [-0.1, -0.05) is 13.1 Å². The molecule has 0 bridgehead atoms. The number of allylic oxidation sites excluding steroid dienone is 4. The minimum Gasteiger partial charge on any atom is -0.0560 e. The lowest BCUT2D eigenvalue weighted by atomic mass is 10.1. The Morgan fingerprint density at radius 1 is 1.00 bits per heavy atom. The van der Waals surface area contributed by atoms with Crippen molar-refractivity contribution in [1.82, 2.24) is 0 Å². The van der Waals surface area contributed by atoms with Gasteiger partial charge in [-0.15, -0.1) is 0 Å². The lowest BCUT2D eigenvalue weighted by molar-refractivity contribution is 1.33. The van der Waals surface area contributed by atoms with Crippen LogP contribution in [0, 0.1) is 6.08 Å². The van der Waals surface area contributed by atoms with Crippen molar-refractivity contribution in [2.75, 3.05) is 0 Å². The zero-order chi connectivity index (χ0) is 8.59. The van der Waals surface area contributed by atoms with E-state index in [1.54, 1.807) is 0 Å². The van der Waals surface area contributed by atoms with Crippen molar-refractivity contribution in [3.8, 4) is 0 Å². The Morgan fingerprint density at radius 3 is 1.73 bits per heavy atom. The SMILES string of the molecule is CC1=[C]C(=[Si](C)C)C(C)=C1C. The summed E-state index contributed by atoms with van der Waals surface area (Å²) in [6.07, 6.45) is 3.46. The molecular weight excluding hydrogens is 148 g/mol. The minimum atomic E-state index is -0.299. The molecule has 0 atom stereocenters. The molecule has 0 aliphatic heterocycles. The van der Waals surface area contributed by atoms with E-state index in [1.807, 2.05) is 0 Å². The van der Waals surface area contributed by atoms with E-state index in [0.29, 0.717) is 0 Å². The molecule has 1 aliphatic carbocycles. The van der Waals surface area contributed by atoms with E-state index in [-0.39, 0.29) is 8.41 Å². The maximum atomic E-state index is 3.46. The van der Waals surface area contributed by atoms with E-state index in [4.69, 9.17) is 0 Å². The topological polar surface area (TPSA) is 0 Å². The maximum Gasteiger partial charge on any atom is 0.0140 e. The molecule has 0 aromatic heterocycles. The first-order valence-corrected chi connectivity index (χ1v) is 6.50. The monoisotopic (exact) mass is 163 g/mol. The summed E-state index contributed by atoms with van der Waals surface area (Å²) in [5.41, 5.74) is 4.25. The first kappa shape index (κ1) is 8.66. The van der Waals surface area contributed by atoms with Crippen LogP contribution in [0.15, 0.2) is 16.7 Å². The Labute approximate surface area is 70.9 Å². The molecular formula is C10H15Si. The lowest BCUT2D eigenvalue weighted by Gasteiger charge is -2.00. The first-order valence-electron chi connectivity index (χ1n) is 4.00. The van der Waals surface area contributed by atoms with Crippen LogP contribution in [0.2, 0.25) is 13.1 Å². The summed E-state index contributed by atoms with van der Waals surface area (Å²) in [6.45, 7) is 11.2. The predicted octanol–water partition coefficient (Wildman–Crippen LogP) is 2.59. The van der Waals surface area contributed by atoms with E-state index < -0.39 is 0 Å². The standard InChI is InChI=1S/C10H15Si/c1-7-6-10(11(4)5)9(3)8(7)2/h1-5H3. The molecule has 1 heteroatoms. The van der Waals surface area contributed by atoms with Gasteiger partial charge >= 0.3 is 0 Å². The van der Waals surface area contributed by atoms with E-state index in [0.717, 1.165) is 0 Å². The van der Waals surface area contributed by atoms with Crippen molar-refractivity contribution in [2.45, 2.75) is 33.9 Å². The molecule has 0 aromatic carbocycles. The van der Waals surface area contributed by atoms with Crippen LogP contribution in [0.25, 0.3) is 0 Å². The van der Waals surface area contributed by atoms with Crippen molar-refractivity contribution in [2.24, 2.45) is 0 Å². The van der Waals surface area contributed by atoms with Crippen LogP contribution < -0.4 is 0 Å². The highest BCUT2D eigenvalue weighted by molar-refractivity contribution is 6.73. The van der Waals surface area contributed by atoms with Gasteiger partial charge in [0.1, 0.15) is 0 Å². The number of hydrogen-bond acceptors (Lipinski definition) is 0. The highest BCUT2D eigenvalue weighted by Gasteiger charge is 2.12.